The van der Waals surface area contributed by atoms with Crippen LogP contribution in [0.5, 0.6) is 0 Å². The Morgan fingerprint density at radius 2 is 1.57 bits per heavy atom. The molecule has 108 valence electrons. The summed E-state index contributed by atoms with van der Waals surface area (Å²) < 4.78 is 0. The summed E-state index contributed by atoms with van der Waals surface area (Å²) in [4.78, 5) is 4.42. The van der Waals surface area contributed by atoms with Crippen LogP contribution in [0, 0.1) is 5.41 Å². The largest absolute Gasteiger partial charge is 0.312 e. The Kier molecular flexibility index (Phi) is 5.37. The number of rotatable bonds is 6. The first-order chi connectivity index (χ1) is 10.2. The molecular formula is C17H20N4. The number of hydrogen-bond donors (Lipinski definition) is 3. The lowest BCUT2D eigenvalue weighted by Gasteiger charge is -2.21. The molecule has 0 radical (unpaired) electrons. The van der Waals surface area contributed by atoms with Gasteiger partial charge >= 0.3 is 0 Å². The molecule has 0 saturated carbocycles. The molecule has 0 aliphatic rings. The van der Waals surface area contributed by atoms with Gasteiger partial charge in [-0.2, -0.15) is 0 Å². The van der Waals surface area contributed by atoms with E-state index >= 15 is 0 Å². The summed E-state index contributed by atoms with van der Waals surface area (Å²) >= 11 is 0. The van der Waals surface area contributed by atoms with Crippen molar-refractivity contribution < 1.29 is 0 Å². The summed E-state index contributed by atoms with van der Waals surface area (Å²) in [6.45, 7) is 1.70. The summed E-state index contributed by atoms with van der Waals surface area (Å²) in [5.41, 5.74) is 8.62. The van der Waals surface area contributed by atoms with Crippen molar-refractivity contribution in [2.24, 2.45) is 10.7 Å². The van der Waals surface area contributed by atoms with Gasteiger partial charge in [-0.15, -0.1) is 0 Å². The van der Waals surface area contributed by atoms with E-state index in [0.717, 1.165) is 11.1 Å². The predicted octanol–water partition coefficient (Wildman–Crippen LogP) is 3.04. The van der Waals surface area contributed by atoms with E-state index in [9.17, 15) is 0 Å². The molecule has 2 aromatic carbocycles. The summed E-state index contributed by atoms with van der Waals surface area (Å²) in [5.74, 6) is 0. The monoisotopic (exact) mass is 280 g/mol. The molecule has 4 nitrogen and oxygen atoms in total. The molecule has 2 rings (SSSR count). The van der Waals surface area contributed by atoms with E-state index in [1.807, 2.05) is 60.7 Å². The van der Waals surface area contributed by atoms with E-state index in [2.05, 4.69) is 10.3 Å². The molecule has 0 aliphatic heterocycles. The van der Waals surface area contributed by atoms with E-state index in [1.54, 1.807) is 13.1 Å². The fourth-order valence-electron chi connectivity index (χ4n) is 1.97. The van der Waals surface area contributed by atoms with E-state index in [0.29, 0.717) is 5.71 Å². The molecular weight excluding hydrogens is 260 g/mol. The summed E-state index contributed by atoms with van der Waals surface area (Å²) in [7, 11) is 0. The third-order valence-electron chi connectivity index (χ3n) is 3.03. The molecule has 0 aromatic heterocycles. The van der Waals surface area contributed by atoms with E-state index < -0.39 is 0 Å². The summed E-state index contributed by atoms with van der Waals surface area (Å²) in [6, 6.07) is 19.7. The quantitative estimate of drug-likeness (QED) is 0.562. The van der Waals surface area contributed by atoms with Crippen LogP contribution in [0.2, 0.25) is 0 Å². The first-order valence-electron chi connectivity index (χ1n) is 6.86. The number of nitrogens with two attached hydrogens (primary N) is 1. The number of aliphatic imine (C=N–C) groups is 1. The Bertz CT molecular complexity index is 593. The van der Waals surface area contributed by atoms with Gasteiger partial charge in [0.2, 0.25) is 0 Å². The van der Waals surface area contributed by atoms with Gasteiger partial charge in [-0.25, -0.2) is 0 Å². The Morgan fingerprint density at radius 1 is 1.05 bits per heavy atom. The van der Waals surface area contributed by atoms with E-state index in [-0.39, 0.29) is 12.3 Å². The lowest BCUT2D eigenvalue weighted by atomic mass is 10.1. The van der Waals surface area contributed by atoms with Gasteiger partial charge in [0, 0.05) is 11.9 Å². The Labute approximate surface area is 125 Å². The van der Waals surface area contributed by atoms with Gasteiger partial charge in [0.1, 0.15) is 6.17 Å². The van der Waals surface area contributed by atoms with Crippen LogP contribution in [-0.4, -0.2) is 11.9 Å². The van der Waals surface area contributed by atoms with Crippen LogP contribution in [0.4, 0.5) is 0 Å². The zero-order valence-electron chi connectivity index (χ0n) is 12.0. The third kappa shape index (κ3) is 4.63. The number of nitrogens with one attached hydrogen (secondary N) is 2. The second-order valence-corrected chi connectivity index (χ2v) is 4.83. The zero-order valence-corrected chi connectivity index (χ0v) is 12.0. The lowest BCUT2D eigenvalue weighted by Crippen LogP contribution is -2.31. The molecule has 21 heavy (non-hydrogen) atoms. The van der Waals surface area contributed by atoms with Crippen LogP contribution < -0.4 is 11.1 Å². The topological polar surface area (TPSA) is 74.3 Å². The van der Waals surface area contributed by atoms with Crippen molar-refractivity contribution in [2.45, 2.75) is 19.3 Å². The van der Waals surface area contributed by atoms with Crippen molar-refractivity contribution in [3.63, 3.8) is 0 Å². The third-order valence-corrected chi connectivity index (χ3v) is 3.03. The molecule has 4 N–H and O–H groups in total. The van der Waals surface area contributed by atoms with E-state index in [1.165, 1.54) is 0 Å². The number of hydrogen-bond acceptors (Lipinski definition) is 4. The maximum absolute atomic E-state index is 7.49. The molecule has 0 fully saturated rings. The van der Waals surface area contributed by atoms with Crippen molar-refractivity contribution in [2.75, 3.05) is 0 Å². The first-order valence-corrected chi connectivity index (χ1v) is 6.86. The first kappa shape index (κ1) is 15.1. The van der Waals surface area contributed by atoms with Crippen LogP contribution in [-0.2, 0) is 0 Å². The Hall–Kier alpha value is -2.30. The standard InChI is InChI=1S/C17H20N4/c1-13(18)12-20-17(15-10-6-3-7-11-15)21-16(19)14-8-4-2-5-9-14/h2-12,16-18,21H,19H2,1H3/b18-13?,20-12+. The van der Waals surface area contributed by atoms with Crippen LogP contribution in [0.3, 0.4) is 0 Å². The molecule has 2 unspecified atom stereocenters. The molecule has 0 spiro atoms. The van der Waals surface area contributed by atoms with Gasteiger partial charge < -0.3 is 11.1 Å². The normalized spacial score (nSPS) is 14.0. The Morgan fingerprint density at radius 3 is 2.10 bits per heavy atom. The number of benzene rings is 2. The minimum atomic E-state index is -0.320. The second kappa shape index (κ2) is 7.47. The van der Waals surface area contributed by atoms with Crippen LogP contribution >= 0.6 is 0 Å². The number of nitrogens with zero attached hydrogens (tertiary/aromatic N) is 1. The highest BCUT2D eigenvalue weighted by Gasteiger charge is 2.13. The maximum Gasteiger partial charge on any atom is 0.127 e. The highest BCUT2D eigenvalue weighted by Crippen LogP contribution is 2.18. The highest BCUT2D eigenvalue weighted by atomic mass is 15.1. The predicted molar refractivity (Wildman–Crippen MR) is 87.6 cm³/mol. The molecule has 2 aromatic rings. The smallest absolute Gasteiger partial charge is 0.127 e. The SMILES string of the molecule is CC(=N)/C=N/C(NC(N)c1ccccc1)c1ccccc1. The minimum absolute atomic E-state index is 0.276. The molecule has 4 heteroatoms. The zero-order chi connectivity index (χ0) is 15.1. The molecule has 2 atom stereocenters. The fraction of sp³-hybridized carbons (Fsp3) is 0.176. The molecule has 0 aliphatic carbocycles. The second-order valence-electron chi connectivity index (χ2n) is 4.83. The van der Waals surface area contributed by atoms with Gasteiger partial charge in [0.05, 0.1) is 6.17 Å². The summed E-state index contributed by atoms with van der Waals surface area (Å²) in [6.07, 6.45) is 0.948. The minimum Gasteiger partial charge on any atom is -0.312 e. The van der Waals surface area contributed by atoms with Crippen LogP contribution in [0.1, 0.15) is 30.4 Å². The Balaban J connectivity index is 2.18. The van der Waals surface area contributed by atoms with Crippen molar-refractivity contribution in [1.29, 1.82) is 5.41 Å². The van der Waals surface area contributed by atoms with Crippen molar-refractivity contribution in [3.8, 4) is 0 Å². The average Bonchev–Trinajstić information content (AvgIpc) is 2.52. The van der Waals surface area contributed by atoms with Gasteiger partial charge in [-0.1, -0.05) is 60.7 Å². The van der Waals surface area contributed by atoms with Crippen molar-refractivity contribution in [3.05, 3.63) is 71.8 Å². The van der Waals surface area contributed by atoms with Gasteiger partial charge in [0.15, 0.2) is 0 Å². The van der Waals surface area contributed by atoms with Crippen LogP contribution in [0.25, 0.3) is 0 Å². The summed E-state index contributed by atoms with van der Waals surface area (Å²) in [5, 5.41) is 10.8. The van der Waals surface area contributed by atoms with E-state index in [4.69, 9.17) is 11.1 Å². The molecule has 0 bridgehead atoms. The molecule has 0 amide bonds. The van der Waals surface area contributed by atoms with Crippen molar-refractivity contribution >= 4 is 11.9 Å². The fourth-order valence-corrected chi connectivity index (χ4v) is 1.97. The molecule has 0 saturated heterocycles. The maximum atomic E-state index is 7.49. The van der Waals surface area contributed by atoms with Gasteiger partial charge in [-0.05, 0) is 18.1 Å². The van der Waals surface area contributed by atoms with Crippen LogP contribution in [0.15, 0.2) is 65.7 Å². The van der Waals surface area contributed by atoms with Crippen molar-refractivity contribution in [1.82, 2.24) is 5.32 Å². The molecule has 0 heterocycles. The lowest BCUT2D eigenvalue weighted by molar-refractivity contribution is 0.467. The highest BCUT2D eigenvalue weighted by molar-refractivity contribution is 6.27. The average molecular weight is 280 g/mol. The van der Waals surface area contributed by atoms with Gasteiger partial charge in [-0.3, -0.25) is 10.3 Å². The van der Waals surface area contributed by atoms with Gasteiger partial charge in [0.25, 0.3) is 0 Å².